The fourth-order valence-electron chi connectivity index (χ4n) is 3.92. The molecule has 0 saturated heterocycles. The molecule has 3 aromatic carbocycles. The number of sulfonamides is 1. The second kappa shape index (κ2) is 9.96. The van der Waals surface area contributed by atoms with Crippen molar-refractivity contribution < 1.29 is 22.2 Å². The van der Waals surface area contributed by atoms with Gasteiger partial charge in [0.15, 0.2) is 0 Å². The highest BCUT2D eigenvalue weighted by Crippen LogP contribution is 2.33. The maximum absolute atomic E-state index is 13.4. The topological polar surface area (TPSA) is 119 Å². The number of carbonyl (C=O) groups is 1. The lowest BCUT2D eigenvalue weighted by Crippen LogP contribution is -2.30. The lowest BCUT2D eigenvalue weighted by atomic mass is 10.1. The number of nitrogens with zero attached hydrogens (tertiary/aromatic N) is 1. The van der Waals surface area contributed by atoms with Crippen molar-refractivity contribution in [1.82, 2.24) is 5.32 Å². The van der Waals surface area contributed by atoms with Crippen LogP contribution in [-0.2, 0) is 33.9 Å². The maximum atomic E-state index is 13.4. The van der Waals surface area contributed by atoms with Gasteiger partial charge in [-0.05, 0) is 60.4 Å². The molecule has 1 aliphatic rings. The van der Waals surface area contributed by atoms with Gasteiger partial charge in [0.25, 0.3) is 15.9 Å². The van der Waals surface area contributed by atoms with Crippen LogP contribution in [0.5, 0.6) is 5.75 Å². The van der Waals surface area contributed by atoms with Gasteiger partial charge in [-0.15, -0.1) is 0 Å². The summed E-state index contributed by atoms with van der Waals surface area (Å²) in [5.74, 6) is -0.150. The molecular formula is C24H25N3O5S2. The lowest BCUT2D eigenvalue weighted by Gasteiger charge is -2.20. The molecule has 4 rings (SSSR count). The van der Waals surface area contributed by atoms with Crippen LogP contribution in [-0.4, -0.2) is 38.7 Å². The molecule has 3 aromatic rings. The van der Waals surface area contributed by atoms with Crippen molar-refractivity contribution in [3.8, 4) is 5.75 Å². The third-order valence-corrected chi connectivity index (χ3v) is 8.25. The zero-order valence-corrected chi connectivity index (χ0v) is 20.2. The van der Waals surface area contributed by atoms with Gasteiger partial charge in [-0.2, -0.15) is 0 Å². The number of fused-ring (bicyclic) bond motifs is 1. The molecule has 3 N–H and O–H groups in total. The predicted octanol–water partition coefficient (Wildman–Crippen LogP) is 2.40. The normalized spacial score (nSPS) is 13.9. The summed E-state index contributed by atoms with van der Waals surface area (Å²) in [5.41, 5.74) is 2.72. The van der Waals surface area contributed by atoms with E-state index in [0.717, 1.165) is 11.1 Å². The monoisotopic (exact) mass is 499 g/mol. The van der Waals surface area contributed by atoms with Gasteiger partial charge in [-0.1, -0.05) is 30.3 Å². The first-order valence-corrected chi connectivity index (χ1v) is 13.3. The molecule has 1 amide bonds. The number of nitrogens with one attached hydrogen (secondary N) is 1. The van der Waals surface area contributed by atoms with E-state index in [1.165, 1.54) is 29.6 Å². The van der Waals surface area contributed by atoms with Crippen molar-refractivity contribution in [2.45, 2.75) is 22.6 Å². The molecule has 34 heavy (non-hydrogen) atoms. The molecule has 8 nitrogen and oxygen atoms in total. The van der Waals surface area contributed by atoms with Crippen LogP contribution in [0.25, 0.3) is 0 Å². The van der Waals surface area contributed by atoms with Crippen LogP contribution in [0, 0.1) is 0 Å². The minimum absolute atomic E-state index is 0.0283. The molecule has 0 aromatic heterocycles. The Morgan fingerprint density at radius 3 is 2.56 bits per heavy atom. The van der Waals surface area contributed by atoms with Crippen LogP contribution >= 0.6 is 0 Å². The van der Waals surface area contributed by atoms with Gasteiger partial charge in [0.05, 0.1) is 28.2 Å². The lowest BCUT2D eigenvalue weighted by molar-refractivity contribution is 0.0951. The number of hydrogen-bond acceptors (Lipinski definition) is 5. The molecule has 0 radical (unpaired) electrons. The van der Waals surface area contributed by atoms with Crippen molar-refractivity contribution in [1.29, 1.82) is 0 Å². The first-order valence-electron chi connectivity index (χ1n) is 10.6. The number of nitrogens with two attached hydrogens (primary N) is 1. The van der Waals surface area contributed by atoms with Crippen molar-refractivity contribution in [3.63, 3.8) is 0 Å². The van der Waals surface area contributed by atoms with Gasteiger partial charge >= 0.3 is 0 Å². The number of carbonyl (C=O) groups excluding carboxylic acids is 1. The number of para-hydroxylation sites is 1. The molecule has 0 bridgehead atoms. The average Bonchev–Trinajstić information content (AvgIpc) is 3.29. The van der Waals surface area contributed by atoms with Gasteiger partial charge in [-0.25, -0.2) is 17.8 Å². The fraction of sp³-hybridized carbons (Fsp3) is 0.208. The quantitative estimate of drug-likeness (QED) is 0.493. The van der Waals surface area contributed by atoms with Gasteiger partial charge in [0.2, 0.25) is 0 Å². The smallest absolute Gasteiger partial charge is 0.264 e. The van der Waals surface area contributed by atoms with Crippen molar-refractivity contribution in [3.05, 3.63) is 83.4 Å². The Hall–Kier alpha value is -3.21. The Balaban J connectivity index is 1.51. The highest BCUT2D eigenvalue weighted by atomic mass is 32.2. The number of ether oxygens (including phenoxy) is 1. The molecule has 0 spiro atoms. The Morgan fingerprint density at radius 1 is 1.12 bits per heavy atom. The minimum atomic E-state index is -3.85. The van der Waals surface area contributed by atoms with E-state index in [1.54, 1.807) is 30.3 Å². The van der Waals surface area contributed by atoms with E-state index in [-0.39, 0.29) is 16.2 Å². The van der Waals surface area contributed by atoms with Crippen molar-refractivity contribution in [2.75, 3.05) is 24.5 Å². The summed E-state index contributed by atoms with van der Waals surface area (Å²) < 4.78 is 44.7. The summed E-state index contributed by atoms with van der Waals surface area (Å²) in [6, 6.07) is 18.7. The van der Waals surface area contributed by atoms with Gasteiger partial charge in [0, 0.05) is 13.1 Å². The van der Waals surface area contributed by atoms with Crippen LogP contribution in [0.2, 0.25) is 0 Å². The highest BCUT2D eigenvalue weighted by Gasteiger charge is 2.31. The Labute approximate surface area is 201 Å². The molecule has 0 aliphatic carbocycles. The van der Waals surface area contributed by atoms with Gasteiger partial charge in [-0.3, -0.25) is 9.10 Å². The average molecular weight is 500 g/mol. The first kappa shape index (κ1) is 23.9. The summed E-state index contributed by atoms with van der Waals surface area (Å²) in [6.07, 6.45) is 1.18. The number of hydrogen-bond donors (Lipinski definition) is 2. The number of amides is 1. The Bertz CT molecular complexity index is 1340. The van der Waals surface area contributed by atoms with Gasteiger partial charge in [0.1, 0.15) is 16.7 Å². The van der Waals surface area contributed by atoms with E-state index in [4.69, 9.17) is 9.88 Å². The third kappa shape index (κ3) is 4.84. The zero-order chi connectivity index (χ0) is 24.3. The predicted molar refractivity (Wildman–Crippen MR) is 131 cm³/mol. The van der Waals surface area contributed by atoms with Crippen LogP contribution < -0.4 is 19.5 Å². The number of rotatable bonds is 8. The molecule has 1 atom stereocenters. The van der Waals surface area contributed by atoms with E-state index >= 15 is 0 Å². The molecule has 0 saturated carbocycles. The summed E-state index contributed by atoms with van der Waals surface area (Å²) in [5, 5.41) is 8.17. The Morgan fingerprint density at radius 2 is 1.85 bits per heavy atom. The van der Waals surface area contributed by atoms with E-state index in [1.807, 2.05) is 18.2 Å². The summed E-state index contributed by atoms with van der Waals surface area (Å²) in [4.78, 5) is 13.5. The van der Waals surface area contributed by atoms with Crippen LogP contribution in [0.4, 0.5) is 5.69 Å². The largest absolute Gasteiger partial charge is 0.496 e. The number of anilines is 1. The molecule has 178 valence electrons. The van der Waals surface area contributed by atoms with E-state index in [9.17, 15) is 17.4 Å². The number of methoxy groups -OCH3 is 1. The highest BCUT2D eigenvalue weighted by molar-refractivity contribution is 7.92. The van der Waals surface area contributed by atoms with Crippen molar-refractivity contribution in [2.24, 2.45) is 5.14 Å². The first-order chi connectivity index (χ1) is 16.3. The summed E-state index contributed by atoms with van der Waals surface area (Å²) >= 11 is 0. The van der Waals surface area contributed by atoms with Crippen molar-refractivity contribution >= 4 is 32.6 Å². The minimum Gasteiger partial charge on any atom is -0.496 e. The standard InChI is InChI=1S/C24H25N3O5S2/c1-32-23-11-10-20(34(30,31)27-15-13-18-4-2-3-5-22(18)27)16-21(23)24(28)26-14-12-17-6-8-19(9-7-17)33(25)29/h2-11,16H,12-15,25H2,1H3,(H,26,28). The van der Waals surface area contributed by atoms with E-state index in [2.05, 4.69) is 5.32 Å². The van der Waals surface area contributed by atoms with Crippen LogP contribution in [0.3, 0.4) is 0 Å². The Kier molecular flexibility index (Phi) is 7.01. The molecule has 1 unspecified atom stereocenters. The number of benzene rings is 3. The second-order valence-electron chi connectivity index (χ2n) is 7.77. The van der Waals surface area contributed by atoms with Gasteiger partial charge < -0.3 is 10.1 Å². The fourth-order valence-corrected chi connectivity index (χ4v) is 5.85. The zero-order valence-electron chi connectivity index (χ0n) is 18.6. The maximum Gasteiger partial charge on any atom is 0.264 e. The molecule has 0 fully saturated rings. The third-order valence-electron chi connectivity index (χ3n) is 5.70. The molecule has 10 heteroatoms. The van der Waals surface area contributed by atoms with E-state index < -0.39 is 26.9 Å². The van der Waals surface area contributed by atoms with Crippen LogP contribution in [0.15, 0.2) is 76.5 Å². The molecule has 1 aliphatic heterocycles. The van der Waals surface area contributed by atoms with E-state index in [0.29, 0.717) is 36.5 Å². The summed E-state index contributed by atoms with van der Waals surface area (Å²) in [6.45, 7) is 0.676. The SMILES string of the molecule is COc1ccc(S(=O)(=O)N2CCc3ccccc32)cc1C(=O)NCCc1ccc(S(N)=O)cc1. The second-order valence-corrected chi connectivity index (χ2v) is 10.7. The van der Waals surface area contributed by atoms with Crippen LogP contribution in [0.1, 0.15) is 21.5 Å². The summed E-state index contributed by atoms with van der Waals surface area (Å²) in [7, 11) is -3.95. The molecular weight excluding hydrogens is 474 g/mol. The molecule has 1 heterocycles.